The summed E-state index contributed by atoms with van der Waals surface area (Å²) >= 11 is 0. The third-order valence-corrected chi connectivity index (χ3v) is 3.33. The van der Waals surface area contributed by atoms with Crippen molar-refractivity contribution < 1.29 is 0 Å². The first-order valence-corrected chi connectivity index (χ1v) is 6.35. The van der Waals surface area contributed by atoms with E-state index in [1.807, 2.05) is 4.68 Å². The van der Waals surface area contributed by atoms with Gasteiger partial charge in [-0.1, -0.05) is 0 Å². The zero-order valence-corrected chi connectivity index (χ0v) is 10.7. The molecular weight excluding hydrogens is 212 g/mol. The van der Waals surface area contributed by atoms with E-state index in [2.05, 4.69) is 30.3 Å². The molecular formula is C13H20N4. The van der Waals surface area contributed by atoms with Crippen molar-refractivity contribution in [2.75, 3.05) is 0 Å². The second-order valence-corrected chi connectivity index (χ2v) is 4.79. The van der Waals surface area contributed by atoms with Crippen molar-refractivity contribution in [3.63, 3.8) is 0 Å². The summed E-state index contributed by atoms with van der Waals surface area (Å²) in [7, 11) is 0. The van der Waals surface area contributed by atoms with E-state index in [0.29, 0.717) is 6.42 Å². The highest BCUT2D eigenvalue weighted by Gasteiger charge is 2.21. The molecule has 1 aliphatic rings. The van der Waals surface area contributed by atoms with Crippen LogP contribution in [-0.2, 0) is 13.1 Å². The fourth-order valence-corrected chi connectivity index (χ4v) is 2.05. The van der Waals surface area contributed by atoms with Crippen molar-refractivity contribution >= 4 is 0 Å². The molecule has 0 bridgehead atoms. The van der Waals surface area contributed by atoms with Crippen LogP contribution in [0, 0.1) is 25.2 Å². The second kappa shape index (κ2) is 5.33. The molecule has 0 aliphatic heterocycles. The molecule has 1 heterocycles. The molecule has 1 fully saturated rings. The van der Waals surface area contributed by atoms with Crippen LogP contribution in [0.2, 0.25) is 0 Å². The predicted molar refractivity (Wildman–Crippen MR) is 66.4 cm³/mol. The van der Waals surface area contributed by atoms with Gasteiger partial charge < -0.3 is 5.32 Å². The van der Waals surface area contributed by atoms with Crippen molar-refractivity contribution in [3.8, 4) is 6.07 Å². The quantitative estimate of drug-likeness (QED) is 0.764. The second-order valence-electron chi connectivity index (χ2n) is 4.79. The van der Waals surface area contributed by atoms with Crippen LogP contribution in [0.4, 0.5) is 0 Å². The minimum Gasteiger partial charge on any atom is -0.310 e. The van der Waals surface area contributed by atoms with Gasteiger partial charge in [-0.05, 0) is 33.1 Å². The van der Waals surface area contributed by atoms with E-state index in [0.717, 1.165) is 31.2 Å². The van der Waals surface area contributed by atoms with Gasteiger partial charge in [-0.25, -0.2) is 0 Å². The molecule has 2 rings (SSSR count). The minimum atomic E-state index is 0.605. The first kappa shape index (κ1) is 12.1. The highest BCUT2D eigenvalue weighted by Crippen LogP contribution is 2.21. The molecule has 0 radical (unpaired) electrons. The lowest BCUT2D eigenvalue weighted by Gasteiger charge is -2.05. The lowest BCUT2D eigenvalue weighted by Crippen LogP contribution is -2.16. The maximum absolute atomic E-state index is 8.54. The number of hydrogen-bond donors (Lipinski definition) is 1. The van der Waals surface area contributed by atoms with Gasteiger partial charge in [0.2, 0.25) is 0 Å². The Kier molecular flexibility index (Phi) is 3.80. The predicted octanol–water partition coefficient (Wildman–Crippen LogP) is 2.06. The molecule has 0 amide bonds. The van der Waals surface area contributed by atoms with Gasteiger partial charge >= 0.3 is 0 Å². The summed E-state index contributed by atoms with van der Waals surface area (Å²) in [5, 5.41) is 16.6. The standard InChI is InChI=1S/C13H20N4/c1-10-13(9-15-12-5-6-12)11(2)17(16-10)8-4-3-7-14/h12,15H,3-6,8-9H2,1-2H3. The maximum Gasteiger partial charge on any atom is 0.0641 e. The summed E-state index contributed by atoms with van der Waals surface area (Å²) in [6, 6.07) is 2.91. The number of unbranched alkanes of at least 4 members (excludes halogenated alkanes) is 1. The van der Waals surface area contributed by atoms with Crippen LogP contribution in [0.1, 0.15) is 42.6 Å². The Morgan fingerprint density at radius 2 is 2.24 bits per heavy atom. The number of aromatic nitrogens is 2. The third-order valence-electron chi connectivity index (χ3n) is 3.33. The van der Waals surface area contributed by atoms with E-state index in [1.54, 1.807) is 0 Å². The van der Waals surface area contributed by atoms with E-state index < -0.39 is 0 Å². The SMILES string of the molecule is Cc1nn(CCCC#N)c(C)c1CNC1CC1. The molecule has 1 aromatic rings. The molecule has 92 valence electrons. The topological polar surface area (TPSA) is 53.6 Å². The first-order valence-electron chi connectivity index (χ1n) is 6.35. The summed E-state index contributed by atoms with van der Waals surface area (Å²) in [4.78, 5) is 0. The fraction of sp³-hybridized carbons (Fsp3) is 0.692. The molecule has 1 saturated carbocycles. The zero-order valence-electron chi connectivity index (χ0n) is 10.7. The molecule has 1 aromatic heterocycles. The molecule has 0 atom stereocenters. The van der Waals surface area contributed by atoms with E-state index in [4.69, 9.17) is 5.26 Å². The highest BCUT2D eigenvalue weighted by atomic mass is 15.3. The van der Waals surface area contributed by atoms with Gasteiger partial charge in [0.25, 0.3) is 0 Å². The van der Waals surface area contributed by atoms with Crippen LogP contribution in [0.25, 0.3) is 0 Å². The summed E-state index contributed by atoms with van der Waals surface area (Å²) in [6.45, 7) is 5.97. The largest absolute Gasteiger partial charge is 0.310 e. The molecule has 4 nitrogen and oxygen atoms in total. The number of rotatable bonds is 6. The normalized spacial score (nSPS) is 14.9. The van der Waals surface area contributed by atoms with Crippen molar-refractivity contribution in [3.05, 3.63) is 17.0 Å². The zero-order chi connectivity index (χ0) is 12.3. The Labute approximate surface area is 103 Å². The van der Waals surface area contributed by atoms with Crippen LogP contribution < -0.4 is 5.32 Å². The number of aryl methyl sites for hydroxylation is 2. The molecule has 1 aliphatic carbocycles. The number of nitriles is 1. The van der Waals surface area contributed by atoms with E-state index >= 15 is 0 Å². The first-order chi connectivity index (χ1) is 8.22. The monoisotopic (exact) mass is 232 g/mol. The summed E-state index contributed by atoms with van der Waals surface area (Å²) in [5.74, 6) is 0. The fourth-order valence-electron chi connectivity index (χ4n) is 2.05. The average molecular weight is 232 g/mol. The van der Waals surface area contributed by atoms with Gasteiger partial charge in [-0.3, -0.25) is 4.68 Å². The van der Waals surface area contributed by atoms with E-state index in [9.17, 15) is 0 Å². The van der Waals surface area contributed by atoms with Crippen LogP contribution >= 0.6 is 0 Å². The Hall–Kier alpha value is -1.34. The molecule has 17 heavy (non-hydrogen) atoms. The van der Waals surface area contributed by atoms with E-state index in [-0.39, 0.29) is 0 Å². The average Bonchev–Trinajstić information content (AvgIpc) is 3.08. The maximum atomic E-state index is 8.54. The van der Waals surface area contributed by atoms with Crippen LogP contribution in [0.15, 0.2) is 0 Å². The van der Waals surface area contributed by atoms with E-state index in [1.165, 1.54) is 24.1 Å². The molecule has 0 unspecified atom stereocenters. The number of nitrogens with one attached hydrogen (secondary N) is 1. The Morgan fingerprint density at radius 3 is 2.88 bits per heavy atom. The van der Waals surface area contributed by atoms with Crippen LogP contribution in [-0.4, -0.2) is 15.8 Å². The lowest BCUT2D eigenvalue weighted by molar-refractivity contribution is 0.566. The molecule has 0 spiro atoms. The van der Waals surface area contributed by atoms with Gasteiger partial charge in [-0.2, -0.15) is 10.4 Å². The highest BCUT2D eigenvalue weighted by molar-refractivity contribution is 5.24. The molecule has 4 heteroatoms. The Balaban J connectivity index is 1.97. The van der Waals surface area contributed by atoms with Crippen LogP contribution in [0.3, 0.4) is 0 Å². The Morgan fingerprint density at radius 1 is 1.47 bits per heavy atom. The van der Waals surface area contributed by atoms with Gasteiger partial charge in [0.1, 0.15) is 0 Å². The lowest BCUT2D eigenvalue weighted by atomic mass is 10.2. The third kappa shape index (κ3) is 3.07. The smallest absolute Gasteiger partial charge is 0.0641 e. The molecule has 0 saturated heterocycles. The van der Waals surface area contributed by atoms with Gasteiger partial charge in [0.15, 0.2) is 0 Å². The summed E-state index contributed by atoms with van der Waals surface area (Å²) < 4.78 is 2.04. The Bertz CT molecular complexity index is 423. The molecule has 0 aromatic carbocycles. The van der Waals surface area contributed by atoms with Gasteiger partial charge in [0, 0.05) is 36.8 Å². The van der Waals surface area contributed by atoms with Crippen molar-refractivity contribution in [1.82, 2.24) is 15.1 Å². The summed E-state index contributed by atoms with van der Waals surface area (Å²) in [6.07, 6.45) is 4.12. The van der Waals surface area contributed by atoms with Crippen LogP contribution in [0.5, 0.6) is 0 Å². The molecule has 1 N–H and O–H groups in total. The number of nitrogens with zero attached hydrogens (tertiary/aromatic N) is 3. The minimum absolute atomic E-state index is 0.605. The van der Waals surface area contributed by atoms with Gasteiger partial charge in [-0.15, -0.1) is 0 Å². The van der Waals surface area contributed by atoms with Gasteiger partial charge in [0.05, 0.1) is 11.8 Å². The van der Waals surface area contributed by atoms with Crippen molar-refractivity contribution in [2.45, 2.75) is 58.7 Å². The number of hydrogen-bond acceptors (Lipinski definition) is 3. The van der Waals surface area contributed by atoms with Crippen molar-refractivity contribution in [1.29, 1.82) is 5.26 Å². The summed E-state index contributed by atoms with van der Waals surface area (Å²) in [5.41, 5.74) is 3.69. The van der Waals surface area contributed by atoms with Crippen molar-refractivity contribution in [2.24, 2.45) is 0 Å².